The highest BCUT2D eigenvalue weighted by Crippen LogP contribution is 2.53. The number of carbonyl (C=O) groups excluding carboxylic acids is 3. The van der Waals surface area contributed by atoms with Crippen LogP contribution in [0, 0.1) is 0 Å². The summed E-state index contributed by atoms with van der Waals surface area (Å²) >= 11 is 4.96. The Balaban J connectivity index is 0.000000122. The highest BCUT2D eigenvalue weighted by atomic mass is 32.2. The van der Waals surface area contributed by atoms with Crippen LogP contribution in [0.1, 0.15) is 47.1 Å². The van der Waals surface area contributed by atoms with Crippen molar-refractivity contribution in [3.63, 3.8) is 0 Å². The maximum absolute atomic E-state index is 11.5. The summed E-state index contributed by atoms with van der Waals surface area (Å²) in [6.45, 7) is 14.4. The van der Waals surface area contributed by atoms with Crippen molar-refractivity contribution in [2.75, 3.05) is 40.9 Å². The molecule has 6 aromatic rings. The maximum atomic E-state index is 11.5. The van der Waals surface area contributed by atoms with Crippen LogP contribution in [0.25, 0.3) is 32.9 Å². The van der Waals surface area contributed by atoms with Crippen molar-refractivity contribution in [1.82, 2.24) is 0 Å². The van der Waals surface area contributed by atoms with Gasteiger partial charge < -0.3 is 28.3 Å². The second-order valence-corrected chi connectivity index (χ2v) is 17.1. The Labute approximate surface area is 350 Å². The van der Waals surface area contributed by atoms with Gasteiger partial charge in [0.15, 0.2) is 17.3 Å². The lowest BCUT2D eigenvalue weighted by Gasteiger charge is -2.19. The van der Waals surface area contributed by atoms with Gasteiger partial charge in [-0.05, 0) is 90.1 Å². The van der Waals surface area contributed by atoms with Gasteiger partial charge in [0.2, 0.25) is 0 Å². The molecule has 58 heavy (non-hydrogen) atoms. The molecule has 4 aromatic carbocycles. The molecule has 0 saturated carbocycles. The summed E-state index contributed by atoms with van der Waals surface area (Å²) in [6.07, 6.45) is 7.79. The van der Waals surface area contributed by atoms with Crippen LogP contribution >= 0.6 is 35.3 Å². The predicted molar refractivity (Wildman–Crippen MR) is 238 cm³/mol. The van der Waals surface area contributed by atoms with Crippen LogP contribution in [0.3, 0.4) is 0 Å². The van der Waals surface area contributed by atoms with E-state index in [0.717, 1.165) is 97.8 Å². The first kappa shape index (κ1) is 39.5. The molecular formula is C46H43N3O6S3. The van der Waals surface area contributed by atoms with Crippen molar-refractivity contribution >= 4 is 103 Å². The van der Waals surface area contributed by atoms with E-state index in [9.17, 15) is 14.4 Å². The summed E-state index contributed by atoms with van der Waals surface area (Å²) in [5, 5.41) is 6.37. The van der Waals surface area contributed by atoms with Crippen LogP contribution in [0.2, 0.25) is 0 Å². The molecule has 0 bridgehead atoms. The SMILES string of the molecule is CCN1/C(=C/C(C)=O)Sc2ccc3c(c21)CCO3.CCN1/C(=C/C(C)=O)Sc2ccc3oc4ccccc4c3c21.CCN1/C(=C/C(C)=O)Sc2ccc3occc3c21. The smallest absolute Gasteiger partial charge is 0.155 e. The van der Waals surface area contributed by atoms with Crippen molar-refractivity contribution in [2.45, 2.75) is 62.6 Å². The van der Waals surface area contributed by atoms with Crippen LogP contribution in [-0.2, 0) is 20.8 Å². The van der Waals surface area contributed by atoms with E-state index >= 15 is 0 Å². The number of furan rings is 2. The minimum absolute atomic E-state index is 0.0713. The Morgan fingerprint density at radius 2 is 1.14 bits per heavy atom. The zero-order valence-electron chi connectivity index (χ0n) is 33.2. The molecule has 9 nitrogen and oxygen atoms in total. The van der Waals surface area contributed by atoms with Crippen molar-refractivity contribution in [3.8, 4) is 5.75 Å². The summed E-state index contributed by atoms with van der Waals surface area (Å²) < 4.78 is 17.0. The highest BCUT2D eigenvalue weighted by Gasteiger charge is 2.32. The molecule has 0 atom stereocenters. The third kappa shape index (κ3) is 7.33. The Morgan fingerprint density at radius 3 is 1.76 bits per heavy atom. The minimum Gasteiger partial charge on any atom is -0.493 e. The summed E-state index contributed by atoms with van der Waals surface area (Å²) in [5.41, 5.74) is 7.51. The standard InChI is InChI=1S/C18H15NO2S.C14H15NO2S.C14H13NO2S/c1-3-19-16(10-11(2)20)22-15-9-8-14-17(18(15)19)12-6-4-5-7-13(12)21-14;2*1-3-15-13(8-9(2)16)18-12-5-4-11-10(14(12)15)6-7-17-11/h4-10H,3H2,1-2H3;4-5,8H,3,6-7H2,1-2H3;4-8H,3H2,1-2H3/b16-10-;2*13-8-. The Hall–Kier alpha value is -5.30. The van der Waals surface area contributed by atoms with Crippen molar-refractivity contribution in [3.05, 3.63) is 112 Å². The lowest BCUT2D eigenvalue weighted by Crippen LogP contribution is -2.18. The monoisotopic (exact) mass is 829 g/mol. The zero-order chi connectivity index (χ0) is 40.7. The first-order valence-corrected chi connectivity index (χ1v) is 21.8. The van der Waals surface area contributed by atoms with E-state index in [0.29, 0.717) is 0 Å². The molecule has 0 radical (unpaired) electrons. The number of ketones is 3. The van der Waals surface area contributed by atoms with E-state index in [1.807, 2.05) is 42.5 Å². The fourth-order valence-corrected chi connectivity index (χ4v) is 11.4. The third-order valence-corrected chi connectivity index (χ3v) is 13.3. The number of thioether (sulfide) groups is 3. The van der Waals surface area contributed by atoms with Crippen LogP contribution in [0.15, 0.2) is 130 Å². The predicted octanol–water partition coefficient (Wildman–Crippen LogP) is 11.7. The molecule has 0 unspecified atom stereocenters. The van der Waals surface area contributed by atoms with E-state index in [4.69, 9.17) is 13.6 Å². The molecule has 0 saturated heterocycles. The number of ether oxygens (including phenoxy) is 1. The molecule has 0 aliphatic carbocycles. The first-order chi connectivity index (χ1) is 28.1. The fourth-order valence-electron chi connectivity index (χ4n) is 7.73. The summed E-state index contributed by atoms with van der Waals surface area (Å²) in [7, 11) is 0. The largest absolute Gasteiger partial charge is 0.493 e. The maximum Gasteiger partial charge on any atom is 0.155 e. The van der Waals surface area contributed by atoms with Crippen LogP contribution in [0.5, 0.6) is 5.75 Å². The van der Waals surface area contributed by atoms with E-state index < -0.39 is 0 Å². The van der Waals surface area contributed by atoms with Crippen LogP contribution in [-0.4, -0.2) is 43.6 Å². The molecule has 0 spiro atoms. The molecular weight excluding hydrogens is 787 g/mol. The molecule has 6 heterocycles. The average molecular weight is 830 g/mol. The first-order valence-electron chi connectivity index (χ1n) is 19.4. The Kier molecular flexibility index (Phi) is 11.3. The van der Waals surface area contributed by atoms with Gasteiger partial charge in [0.25, 0.3) is 0 Å². The van der Waals surface area contributed by atoms with Gasteiger partial charge in [-0.1, -0.05) is 53.5 Å². The summed E-state index contributed by atoms with van der Waals surface area (Å²) in [6, 6.07) is 22.3. The van der Waals surface area contributed by atoms with E-state index in [-0.39, 0.29) is 17.3 Å². The van der Waals surface area contributed by atoms with Gasteiger partial charge in [0.05, 0.1) is 50.4 Å². The molecule has 4 aliphatic rings. The highest BCUT2D eigenvalue weighted by molar-refractivity contribution is 8.04. The summed E-state index contributed by atoms with van der Waals surface area (Å²) in [4.78, 5) is 44.3. The molecule has 2 aromatic heterocycles. The number of rotatable bonds is 6. The van der Waals surface area contributed by atoms with E-state index in [1.165, 1.54) is 25.9 Å². The second-order valence-electron chi connectivity index (χ2n) is 13.9. The van der Waals surface area contributed by atoms with Crippen LogP contribution in [0.4, 0.5) is 17.1 Å². The number of anilines is 3. The van der Waals surface area contributed by atoms with Gasteiger partial charge >= 0.3 is 0 Å². The van der Waals surface area contributed by atoms with Gasteiger partial charge in [-0.3, -0.25) is 14.4 Å². The Bertz CT molecular complexity index is 2730. The van der Waals surface area contributed by atoms with Crippen molar-refractivity contribution in [1.29, 1.82) is 0 Å². The number of hydrogen-bond acceptors (Lipinski definition) is 12. The van der Waals surface area contributed by atoms with E-state index in [2.05, 4.69) is 59.7 Å². The van der Waals surface area contributed by atoms with Gasteiger partial charge in [-0.25, -0.2) is 0 Å². The number of hydrogen-bond donors (Lipinski definition) is 0. The molecule has 0 amide bonds. The van der Waals surface area contributed by atoms with Crippen molar-refractivity contribution in [2.24, 2.45) is 0 Å². The second kappa shape index (κ2) is 16.5. The molecule has 4 aliphatic heterocycles. The number of benzene rings is 4. The lowest BCUT2D eigenvalue weighted by atomic mass is 10.1. The number of fused-ring (bicyclic) bond motifs is 11. The molecule has 10 rings (SSSR count). The number of nitrogens with zero attached hydrogens (tertiary/aromatic N) is 3. The summed E-state index contributed by atoms with van der Waals surface area (Å²) in [5.74, 6) is 1.24. The minimum atomic E-state index is 0.0713. The lowest BCUT2D eigenvalue weighted by molar-refractivity contribution is -0.113. The topological polar surface area (TPSA) is 96.4 Å². The Morgan fingerprint density at radius 1 is 0.603 bits per heavy atom. The van der Waals surface area contributed by atoms with Gasteiger partial charge in [-0.15, -0.1) is 0 Å². The quantitative estimate of drug-likeness (QED) is 0.150. The fraction of sp³-hybridized carbons (Fsp3) is 0.239. The molecule has 12 heteroatoms. The number of carbonyl (C=O) groups is 3. The molecule has 0 fully saturated rings. The van der Waals surface area contributed by atoms with Crippen molar-refractivity contribution < 1.29 is 28.0 Å². The number of allylic oxidation sites excluding steroid dienone is 3. The van der Waals surface area contributed by atoms with Crippen LogP contribution < -0.4 is 19.4 Å². The van der Waals surface area contributed by atoms with E-state index in [1.54, 1.807) is 80.5 Å². The normalized spacial score (nSPS) is 17.0. The average Bonchev–Trinajstić information content (AvgIpc) is 4.04. The molecule has 296 valence electrons. The van der Waals surface area contributed by atoms with Gasteiger partial charge in [-0.2, -0.15) is 0 Å². The third-order valence-electron chi connectivity index (χ3n) is 10.0. The van der Waals surface area contributed by atoms with Gasteiger partial charge in [0, 0.05) is 75.3 Å². The number of para-hydroxylation sites is 1. The molecule has 0 N–H and O–H groups in total. The van der Waals surface area contributed by atoms with Gasteiger partial charge in [0.1, 0.15) is 22.5 Å². The zero-order valence-corrected chi connectivity index (χ0v) is 35.7.